The number of amides is 1. The first-order valence-corrected chi connectivity index (χ1v) is 8.93. The summed E-state index contributed by atoms with van der Waals surface area (Å²) in [4.78, 5) is 16.4. The normalized spacial score (nSPS) is 16.2. The number of hydrogen-bond acceptors (Lipinski definition) is 5. The van der Waals surface area contributed by atoms with E-state index in [4.69, 9.17) is 13.9 Å². The third kappa shape index (κ3) is 4.35. The lowest BCUT2D eigenvalue weighted by molar-refractivity contribution is 0.0679. The molecule has 138 valence electrons. The molecule has 0 spiro atoms. The average molecular weight is 364 g/mol. The molecule has 1 unspecified atom stereocenters. The van der Waals surface area contributed by atoms with E-state index in [2.05, 4.69) is 10.3 Å². The van der Waals surface area contributed by atoms with Gasteiger partial charge in [-0.3, -0.25) is 4.79 Å². The summed E-state index contributed by atoms with van der Waals surface area (Å²) in [6, 6.07) is 14.6. The summed E-state index contributed by atoms with van der Waals surface area (Å²) < 4.78 is 16.6. The molecule has 1 aliphatic rings. The van der Waals surface area contributed by atoms with E-state index in [1.165, 1.54) is 6.39 Å². The van der Waals surface area contributed by atoms with Crippen LogP contribution in [0.25, 0.3) is 11.3 Å². The minimum atomic E-state index is -0.190. The lowest BCUT2D eigenvalue weighted by Gasteiger charge is -2.12. The molecule has 1 N–H and O–H groups in total. The van der Waals surface area contributed by atoms with E-state index in [0.29, 0.717) is 29.4 Å². The number of oxazole rings is 1. The maximum atomic E-state index is 12.5. The number of rotatable bonds is 6. The SMILES string of the molecule is O=C(Nc1ccc(-c2cnco2)cc1)c1cccc(OCC2CCCO2)c1. The van der Waals surface area contributed by atoms with Gasteiger partial charge in [-0.2, -0.15) is 0 Å². The van der Waals surface area contributed by atoms with E-state index in [-0.39, 0.29) is 12.0 Å². The monoisotopic (exact) mass is 364 g/mol. The third-order valence-electron chi connectivity index (χ3n) is 4.42. The molecule has 1 saturated heterocycles. The predicted octanol–water partition coefficient (Wildman–Crippen LogP) is 4.15. The van der Waals surface area contributed by atoms with Crippen molar-refractivity contribution in [2.75, 3.05) is 18.5 Å². The fourth-order valence-electron chi connectivity index (χ4n) is 2.97. The number of ether oxygens (including phenoxy) is 2. The highest BCUT2D eigenvalue weighted by Crippen LogP contribution is 2.22. The number of carbonyl (C=O) groups excluding carboxylic acids is 1. The van der Waals surface area contributed by atoms with Crippen molar-refractivity contribution in [2.24, 2.45) is 0 Å². The fraction of sp³-hybridized carbons (Fsp3) is 0.238. The molecular weight excluding hydrogens is 344 g/mol. The van der Waals surface area contributed by atoms with E-state index < -0.39 is 0 Å². The second-order valence-corrected chi connectivity index (χ2v) is 6.37. The van der Waals surface area contributed by atoms with Crippen molar-refractivity contribution in [1.82, 2.24) is 4.98 Å². The van der Waals surface area contributed by atoms with Crippen LogP contribution in [-0.2, 0) is 4.74 Å². The van der Waals surface area contributed by atoms with Crippen LogP contribution in [0.3, 0.4) is 0 Å². The molecule has 6 nitrogen and oxygen atoms in total. The molecule has 0 bridgehead atoms. The number of anilines is 1. The Bertz CT molecular complexity index is 885. The van der Waals surface area contributed by atoms with Crippen LogP contribution in [0.1, 0.15) is 23.2 Å². The number of benzene rings is 2. The van der Waals surface area contributed by atoms with Gasteiger partial charge in [0.2, 0.25) is 0 Å². The smallest absolute Gasteiger partial charge is 0.255 e. The number of hydrogen-bond donors (Lipinski definition) is 1. The van der Waals surface area contributed by atoms with Gasteiger partial charge in [0, 0.05) is 23.4 Å². The van der Waals surface area contributed by atoms with Gasteiger partial charge in [-0.1, -0.05) is 6.07 Å². The molecule has 0 saturated carbocycles. The molecule has 0 aliphatic carbocycles. The van der Waals surface area contributed by atoms with E-state index in [1.54, 1.807) is 18.3 Å². The molecule has 27 heavy (non-hydrogen) atoms. The third-order valence-corrected chi connectivity index (χ3v) is 4.42. The predicted molar refractivity (Wildman–Crippen MR) is 101 cm³/mol. The zero-order chi connectivity index (χ0) is 18.5. The van der Waals surface area contributed by atoms with Gasteiger partial charge in [-0.15, -0.1) is 0 Å². The van der Waals surface area contributed by atoms with Gasteiger partial charge in [-0.05, 0) is 55.3 Å². The number of nitrogens with zero attached hydrogens (tertiary/aromatic N) is 1. The quantitative estimate of drug-likeness (QED) is 0.711. The van der Waals surface area contributed by atoms with Crippen molar-refractivity contribution in [2.45, 2.75) is 18.9 Å². The summed E-state index contributed by atoms with van der Waals surface area (Å²) in [6.07, 6.45) is 5.27. The molecule has 1 fully saturated rings. The van der Waals surface area contributed by atoms with Crippen molar-refractivity contribution >= 4 is 11.6 Å². The summed E-state index contributed by atoms with van der Waals surface area (Å²) in [7, 11) is 0. The Kier molecular flexibility index (Phi) is 5.16. The van der Waals surface area contributed by atoms with Crippen LogP contribution >= 0.6 is 0 Å². The van der Waals surface area contributed by atoms with Gasteiger partial charge in [0.05, 0.1) is 12.3 Å². The summed E-state index contributed by atoms with van der Waals surface area (Å²) in [5, 5.41) is 2.89. The van der Waals surface area contributed by atoms with Crippen LogP contribution in [0.5, 0.6) is 5.75 Å². The molecule has 1 aliphatic heterocycles. The van der Waals surface area contributed by atoms with Crippen molar-refractivity contribution in [3.8, 4) is 17.1 Å². The van der Waals surface area contributed by atoms with Crippen molar-refractivity contribution in [1.29, 1.82) is 0 Å². The zero-order valence-corrected chi connectivity index (χ0v) is 14.8. The van der Waals surface area contributed by atoms with E-state index in [9.17, 15) is 4.79 Å². The van der Waals surface area contributed by atoms with E-state index in [0.717, 1.165) is 25.0 Å². The first kappa shape index (κ1) is 17.3. The molecule has 4 rings (SSSR count). The van der Waals surface area contributed by atoms with Gasteiger partial charge < -0.3 is 19.2 Å². The molecular formula is C21H20N2O4. The molecule has 2 heterocycles. The Balaban J connectivity index is 1.38. The number of carbonyl (C=O) groups is 1. The number of aromatic nitrogens is 1. The lowest BCUT2D eigenvalue weighted by atomic mass is 10.1. The second-order valence-electron chi connectivity index (χ2n) is 6.37. The molecule has 1 aromatic heterocycles. The fourth-order valence-corrected chi connectivity index (χ4v) is 2.97. The largest absolute Gasteiger partial charge is 0.491 e. The van der Waals surface area contributed by atoms with Crippen molar-refractivity contribution in [3.05, 3.63) is 66.7 Å². The van der Waals surface area contributed by atoms with Crippen LogP contribution in [0, 0.1) is 0 Å². The maximum Gasteiger partial charge on any atom is 0.255 e. The molecule has 1 amide bonds. The highest BCUT2D eigenvalue weighted by atomic mass is 16.5. The van der Waals surface area contributed by atoms with Gasteiger partial charge in [0.25, 0.3) is 5.91 Å². The van der Waals surface area contributed by atoms with Gasteiger partial charge >= 0.3 is 0 Å². The summed E-state index contributed by atoms with van der Waals surface area (Å²) in [5.74, 6) is 1.16. The zero-order valence-electron chi connectivity index (χ0n) is 14.8. The van der Waals surface area contributed by atoms with E-state index in [1.807, 2.05) is 36.4 Å². The van der Waals surface area contributed by atoms with Gasteiger partial charge in [0.15, 0.2) is 12.2 Å². The molecule has 0 radical (unpaired) electrons. The Morgan fingerprint density at radius 1 is 1.22 bits per heavy atom. The topological polar surface area (TPSA) is 73.6 Å². The first-order chi connectivity index (χ1) is 13.3. The van der Waals surface area contributed by atoms with Crippen LogP contribution < -0.4 is 10.1 Å². The summed E-state index contributed by atoms with van der Waals surface area (Å²) in [5.41, 5.74) is 2.14. The summed E-state index contributed by atoms with van der Waals surface area (Å²) in [6.45, 7) is 1.31. The molecule has 2 aromatic carbocycles. The maximum absolute atomic E-state index is 12.5. The molecule has 1 atom stereocenters. The van der Waals surface area contributed by atoms with Gasteiger partial charge in [0.1, 0.15) is 12.4 Å². The average Bonchev–Trinajstić information content (AvgIpc) is 3.41. The van der Waals surface area contributed by atoms with Crippen LogP contribution in [0.15, 0.2) is 65.5 Å². The van der Waals surface area contributed by atoms with E-state index >= 15 is 0 Å². The molecule has 6 heteroatoms. The Morgan fingerprint density at radius 3 is 2.85 bits per heavy atom. The van der Waals surface area contributed by atoms with Crippen LogP contribution in [0.2, 0.25) is 0 Å². The first-order valence-electron chi connectivity index (χ1n) is 8.93. The highest BCUT2D eigenvalue weighted by Gasteiger charge is 2.16. The van der Waals surface area contributed by atoms with Crippen molar-refractivity contribution in [3.63, 3.8) is 0 Å². The highest BCUT2D eigenvalue weighted by molar-refractivity contribution is 6.04. The van der Waals surface area contributed by atoms with Crippen LogP contribution in [0.4, 0.5) is 5.69 Å². The number of nitrogens with one attached hydrogen (secondary N) is 1. The second kappa shape index (κ2) is 8.05. The van der Waals surface area contributed by atoms with Crippen LogP contribution in [-0.4, -0.2) is 30.2 Å². The van der Waals surface area contributed by atoms with Crippen molar-refractivity contribution < 1.29 is 18.7 Å². The summed E-state index contributed by atoms with van der Waals surface area (Å²) >= 11 is 0. The standard InChI is InChI=1S/C21H20N2O4/c24-21(23-17-8-6-15(7-9-17)20-12-22-14-27-20)16-3-1-4-18(11-16)26-13-19-5-2-10-25-19/h1,3-4,6-9,11-12,14,19H,2,5,10,13H2,(H,23,24). The Morgan fingerprint density at radius 2 is 2.11 bits per heavy atom. The minimum Gasteiger partial charge on any atom is -0.491 e. The molecule has 3 aromatic rings. The lowest BCUT2D eigenvalue weighted by Crippen LogP contribution is -2.17. The Labute approximate surface area is 157 Å². The Hall–Kier alpha value is -3.12. The minimum absolute atomic E-state index is 0.144. The van der Waals surface area contributed by atoms with Gasteiger partial charge in [-0.25, -0.2) is 4.98 Å².